The molecule has 0 aromatic heterocycles. The van der Waals surface area contributed by atoms with Crippen LogP contribution in [0.3, 0.4) is 0 Å². The van der Waals surface area contributed by atoms with Gasteiger partial charge >= 0.3 is 0 Å². The molecule has 1 aliphatic heterocycles. The van der Waals surface area contributed by atoms with E-state index >= 15 is 0 Å². The summed E-state index contributed by atoms with van der Waals surface area (Å²) < 4.78 is 0. The zero-order valence-corrected chi connectivity index (χ0v) is 10.7. The quantitative estimate of drug-likeness (QED) is 0.793. The molecule has 0 amide bonds. The fraction of sp³-hybridized carbons (Fsp3) is 0.200. The predicted molar refractivity (Wildman–Crippen MR) is 73.9 cm³/mol. The summed E-state index contributed by atoms with van der Waals surface area (Å²) >= 11 is 0. The first kappa shape index (κ1) is 10.7. The highest BCUT2D eigenvalue weighted by Gasteiger charge is 2.47. The molecule has 1 saturated heterocycles. The molecule has 88 valence electrons. The van der Waals surface area contributed by atoms with Crippen molar-refractivity contribution >= 4 is 10.0 Å². The van der Waals surface area contributed by atoms with E-state index in [2.05, 4.69) is 48.7 Å². The molecule has 2 aromatic carbocycles. The Labute approximate surface area is 103 Å². The van der Waals surface area contributed by atoms with E-state index < -0.39 is 10.0 Å². The van der Waals surface area contributed by atoms with E-state index in [1.165, 1.54) is 16.2 Å². The molecule has 0 bridgehead atoms. The summed E-state index contributed by atoms with van der Waals surface area (Å²) in [7, 11) is -0.675. The van der Waals surface area contributed by atoms with Crippen LogP contribution in [0.4, 0.5) is 0 Å². The van der Waals surface area contributed by atoms with Crippen LogP contribution in [-0.2, 0) is 0 Å². The Morgan fingerprint density at radius 2 is 1.65 bits per heavy atom. The fourth-order valence-corrected chi connectivity index (χ4v) is 5.75. The Balaban J connectivity index is 1.89. The van der Waals surface area contributed by atoms with Crippen molar-refractivity contribution in [2.75, 3.05) is 12.0 Å². The second-order valence-electron chi connectivity index (χ2n) is 4.72. The van der Waals surface area contributed by atoms with Crippen molar-refractivity contribution in [2.24, 2.45) is 0 Å². The number of phenols is 1. The van der Waals surface area contributed by atoms with Gasteiger partial charge in [0.1, 0.15) is 5.75 Å². The van der Waals surface area contributed by atoms with Crippen LogP contribution in [0.2, 0.25) is 0 Å². The van der Waals surface area contributed by atoms with Gasteiger partial charge < -0.3 is 5.11 Å². The molecule has 2 aromatic rings. The molecule has 1 nitrogen and oxygen atoms in total. The van der Waals surface area contributed by atoms with Gasteiger partial charge in [0.15, 0.2) is 0 Å². The second-order valence-corrected chi connectivity index (χ2v) is 8.41. The second kappa shape index (κ2) is 3.81. The van der Waals surface area contributed by atoms with Gasteiger partial charge in [-0.25, -0.2) is 10.0 Å². The molecule has 17 heavy (non-hydrogen) atoms. The third-order valence-electron chi connectivity index (χ3n) is 3.56. The van der Waals surface area contributed by atoms with Crippen molar-refractivity contribution in [3.8, 4) is 5.75 Å². The molecule has 3 rings (SSSR count). The van der Waals surface area contributed by atoms with Crippen LogP contribution in [0.25, 0.3) is 0 Å². The summed E-state index contributed by atoms with van der Waals surface area (Å²) in [5, 5.41) is 10.0. The van der Waals surface area contributed by atoms with Gasteiger partial charge in [-0.05, 0) is 46.7 Å². The molecule has 2 unspecified atom stereocenters. The maximum absolute atomic E-state index is 9.33. The maximum atomic E-state index is 9.33. The van der Waals surface area contributed by atoms with Crippen LogP contribution < -0.4 is 0 Å². The van der Waals surface area contributed by atoms with E-state index in [1.807, 2.05) is 0 Å². The molecular formula is C15H16OS. The van der Waals surface area contributed by atoms with E-state index in [4.69, 9.17) is 0 Å². The summed E-state index contributed by atoms with van der Waals surface area (Å²) in [5.41, 5.74) is 1.46. The van der Waals surface area contributed by atoms with E-state index in [0.717, 1.165) is 0 Å². The van der Waals surface area contributed by atoms with Crippen LogP contribution in [0.15, 0.2) is 59.5 Å². The molecule has 0 spiro atoms. The Morgan fingerprint density at radius 3 is 2.29 bits per heavy atom. The third-order valence-corrected chi connectivity index (χ3v) is 7.20. The minimum absolute atomic E-state index is 0.355. The molecule has 0 radical (unpaired) electrons. The molecule has 1 aliphatic rings. The number of hydrogen-bond donors (Lipinski definition) is 1. The average molecular weight is 244 g/mol. The monoisotopic (exact) mass is 244 g/mol. The Kier molecular flexibility index (Phi) is 2.40. The minimum atomic E-state index is -0.675. The number of hydrogen-bond acceptors (Lipinski definition) is 1. The third kappa shape index (κ3) is 1.83. The molecule has 2 atom stereocenters. The van der Waals surface area contributed by atoms with Crippen LogP contribution in [0.5, 0.6) is 5.75 Å². The summed E-state index contributed by atoms with van der Waals surface area (Å²) in [4.78, 5) is 1.41. The predicted octanol–water partition coefficient (Wildman–Crippen LogP) is 3.94. The number of benzene rings is 2. The minimum Gasteiger partial charge on any atom is -0.508 e. The highest BCUT2D eigenvalue weighted by molar-refractivity contribution is 8.39. The van der Waals surface area contributed by atoms with Crippen molar-refractivity contribution in [1.29, 1.82) is 0 Å². The van der Waals surface area contributed by atoms with Gasteiger partial charge in [0.25, 0.3) is 0 Å². The lowest BCUT2D eigenvalue weighted by Crippen LogP contribution is -1.84. The van der Waals surface area contributed by atoms with Crippen molar-refractivity contribution in [1.82, 2.24) is 0 Å². The largest absolute Gasteiger partial charge is 0.508 e. The molecule has 0 aliphatic carbocycles. The van der Waals surface area contributed by atoms with E-state index in [0.29, 0.717) is 11.0 Å². The first-order chi connectivity index (χ1) is 8.20. The zero-order chi connectivity index (χ0) is 11.9. The average Bonchev–Trinajstić information content (AvgIpc) is 3.05. The maximum Gasteiger partial charge on any atom is 0.115 e. The fourth-order valence-electron chi connectivity index (χ4n) is 2.36. The zero-order valence-electron chi connectivity index (χ0n) is 9.84. The number of phenolic OH excluding ortho intramolecular Hbond substituents is 1. The lowest BCUT2D eigenvalue weighted by Gasteiger charge is -2.17. The van der Waals surface area contributed by atoms with Gasteiger partial charge in [0.2, 0.25) is 0 Å². The molecule has 2 heteroatoms. The molecule has 1 heterocycles. The SMILES string of the molecule is CS1(c2ccc(O)cc2)CC1c1ccccc1. The van der Waals surface area contributed by atoms with Crippen LogP contribution in [-0.4, -0.2) is 17.1 Å². The van der Waals surface area contributed by atoms with Gasteiger partial charge in [-0.3, -0.25) is 0 Å². The van der Waals surface area contributed by atoms with Crippen molar-refractivity contribution in [2.45, 2.75) is 10.1 Å². The Hall–Kier alpha value is -1.41. The van der Waals surface area contributed by atoms with Crippen LogP contribution >= 0.6 is 10.0 Å². The summed E-state index contributed by atoms with van der Waals surface area (Å²) in [6.45, 7) is 0. The Morgan fingerprint density at radius 1 is 1.00 bits per heavy atom. The smallest absolute Gasteiger partial charge is 0.115 e. The first-order valence-electron chi connectivity index (χ1n) is 5.79. The standard InChI is InChI=1S/C15H16OS/c1-17(14-9-7-13(16)8-10-14)11-15(17)12-5-3-2-4-6-12/h2-10,15-16H,11H2,1H3. The summed E-state index contributed by atoms with van der Waals surface area (Å²) in [6.07, 6.45) is 2.39. The van der Waals surface area contributed by atoms with Gasteiger partial charge in [0, 0.05) is 5.25 Å². The summed E-state index contributed by atoms with van der Waals surface area (Å²) in [6, 6.07) is 18.5. The van der Waals surface area contributed by atoms with Crippen molar-refractivity contribution in [3.05, 3.63) is 60.2 Å². The number of rotatable bonds is 2. The molecule has 0 saturated carbocycles. The van der Waals surface area contributed by atoms with Gasteiger partial charge in [-0.1, -0.05) is 30.3 Å². The van der Waals surface area contributed by atoms with E-state index in [9.17, 15) is 5.11 Å². The lowest BCUT2D eigenvalue weighted by molar-refractivity contribution is 0.475. The molecule has 1 fully saturated rings. The molecular weight excluding hydrogens is 228 g/mol. The van der Waals surface area contributed by atoms with Crippen molar-refractivity contribution in [3.63, 3.8) is 0 Å². The van der Waals surface area contributed by atoms with Crippen LogP contribution in [0, 0.1) is 0 Å². The van der Waals surface area contributed by atoms with Crippen molar-refractivity contribution < 1.29 is 5.11 Å². The summed E-state index contributed by atoms with van der Waals surface area (Å²) in [5.74, 6) is 1.63. The normalized spacial score (nSPS) is 30.5. The highest BCUT2D eigenvalue weighted by atomic mass is 32.3. The number of aromatic hydroxyl groups is 1. The first-order valence-corrected chi connectivity index (χ1v) is 8.06. The van der Waals surface area contributed by atoms with E-state index in [-0.39, 0.29) is 0 Å². The van der Waals surface area contributed by atoms with Crippen LogP contribution in [0.1, 0.15) is 10.8 Å². The highest BCUT2D eigenvalue weighted by Crippen LogP contribution is 2.79. The van der Waals surface area contributed by atoms with Gasteiger partial charge in [0.05, 0.1) is 0 Å². The van der Waals surface area contributed by atoms with Gasteiger partial charge in [-0.15, -0.1) is 0 Å². The topological polar surface area (TPSA) is 20.2 Å². The van der Waals surface area contributed by atoms with E-state index in [1.54, 1.807) is 12.1 Å². The Bertz CT molecular complexity index is 520. The lowest BCUT2D eigenvalue weighted by atomic mass is 10.2. The molecule has 1 N–H and O–H groups in total. The van der Waals surface area contributed by atoms with Gasteiger partial charge in [-0.2, -0.15) is 0 Å².